The van der Waals surface area contributed by atoms with Gasteiger partial charge in [-0.1, -0.05) is 24.4 Å². The van der Waals surface area contributed by atoms with Crippen molar-refractivity contribution in [2.45, 2.75) is 37.8 Å². The minimum atomic E-state index is 0.283. The molecule has 1 aromatic carbocycles. The molecule has 1 aliphatic carbocycles. The molecular formula is C16H19ClN2O. The predicted molar refractivity (Wildman–Crippen MR) is 83.4 cm³/mol. The van der Waals surface area contributed by atoms with Crippen molar-refractivity contribution in [2.75, 3.05) is 12.4 Å². The molecule has 0 amide bonds. The Hall–Kier alpha value is -1.32. The van der Waals surface area contributed by atoms with E-state index in [2.05, 4.69) is 16.4 Å². The molecule has 3 rings (SSSR count). The quantitative estimate of drug-likeness (QED) is 0.917. The molecule has 1 fully saturated rings. The number of nitrogens with one attached hydrogen (secondary N) is 1. The molecule has 20 heavy (non-hydrogen) atoms. The fourth-order valence-electron chi connectivity index (χ4n) is 3.01. The maximum absolute atomic E-state index is 6.21. The van der Waals surface area contributed by atoms with Crippen LogP contribution in [0.3, 0.4) is 0 Å². The van der Waals surface area contributed by atoms with E-state index in [0.717, 1.165) is 29.4 Å². The number of ether oxygens (including phenoxy) is 1. The number of anilines is 1. The van der Waals surface area contributed by atoms with Gasteiger partial charge in [0, 0.05) is 24.4 Å². The fourth-order valence-corrected chi connectivity index (χ4v) is 3.22. The van der Waals surface area contributed by atoms with E-state index < -0.39 is 0 Å². The Morgan fingerprint density at radius 1 is 1.25 bits per heavy atom. The van der Waals surface area contributed by atoms with Crippen LogP contribution in [0.5, 0.6) is 0 Å². The Morgan fingerprint density at radius 3 is 2.95 bits per heavy atom. The van der Waals surface area contributed by atoms with Crippen molar-refractivity contribution in [3.8, 4) is 0 Å². The van der Waals surface area contributed by atoms with Crippen LogP contribution in [0.1, 0.15) is 25.7 Å². The van der Waals surface area contributed by atoms with E-state index in [1.54, 1.807) is 13.3 Å². The number of fused-ring (bicyclic) bond motifs is 1. The van der Waals surface area contributed by atoms with Gasteiger partial charge in [-0.3, -0.25) is 4.98 Å². The highest BCUT2D eigenvalue weighted by Crippen LogP contribution is 2.31. The number of hydrogen-bond acceptors (Lipinski definition) is 3. The van der Waals surface area contributed by atoms with Crippen molar-refractivity contribution in [3.05, 3.63) is 35.5 Å². The standard InChI is InChI=1S/C16H19ClN2O/c1-20-15-7-3-2-6-14(15)19-13-9-8-12(17)16-11(13)5-4-10-18-16/h4-5,8-10,14-15,19H,2-3,6-7H2,1H3. The Labute approximate surface area is 124 Å². The van der Waals surface area contributed by atoms with Crippen molar-refractivity contribution in [3.63, 3.8) is 0 Å². The molecule has 0 spiro atoms. The van der Waals surface area contributed by atoms with Gasteiger partial charge in [0.2, 0.25) is 0 Å². The van der Waals surface area contributed by atoms with Crippen LogP contribution in [0.15, 0.2) is 30.5 Å². The summed E-state index contributed by atoms with van der Waals surface area (Å²) in [5.41, 5.74) is 1.94. The molecule has 1 saturated carbocycles. The molecule has 0 radical (unpaired) electrons. The van der Waals surface area contributed by atoms with Gasteiger partial charge >= 0.3 is 0 Å². The first kappa shape index (κ1) is 13.7. The average molecular weight is 291 g/mol. The third-order valence-corrected chi connectivity index (χ3v) is 4.37. The van der Waals surface area contributed by atoms with Crippen molar-refractivity contribution in [1.82, 2.24) is 4.98 Å². The first-order chi connectivity index (χ1) is 9.79. The molecule has 2 atom stereocenters. The zero-order valence-electron chi connectivity index (χ0n) is 11.6. The molecule has 106 valence electrons. The Kier molecular flexibility index (Phi) is 4.08. The van der Waals surface area contributed by atoms with Crippen LogP contribution in [0.4, 0.5) is 5.69 Å². The van der Waals surface area contributed by atoms with E-state index in [0.29, 0.717) is 11.1 Å². The van der Waals surface area contributed by atoms with Gasteiger partial charge in [0.05, 0.1) is 22.7 Å². The number of aromatic nitrogens is 1. The first-order valence-corrected chi connectivity index (χ1v) is 7.50. The number of rotatable bonds is 3. The summed E-state index contributed by atoms with van der Waals surface area (Å²) in [5.74, 6) is 0. The molecule has 3 nitrogen and oxygen atoms in total. The minimum Gasteiger partial charge on any atom is -0.379 e. The van der Waals surface area contributed by atoms with E-state index in [1.165, 1.54) is 12.8 Å². The number of methoxy groups -OCH3 is 1. The topological polar surface area (TPSA) is 34.1 Å². The second-order valence-electron chi connectivity index (χ2n) is 5.30. The van der Waals surface area contributed by atoms with Crippen molar-refractivity contribution in [1.29, 1.82) is 0 Å². The lowest BCUT2D eigenvalue weighted by Crippen LogP contribution is -2.37. The van der Waals surface area contributed by atoms with Gasteiger partial charge in [0.1, 0.15) is 0 Å². The Morgan fingerprint density at radius 2 is 2.10 bits per heavy atom. The van der Waals surface area contributed by atoms with Crippen LogP contribution in [0, 0.1) is 0 Å². The van der Waals surface area contributed by atoms with Gasteiger partial charge in [0.15, 0.2) is 0 Å². The maximum atomic E-state index is 6.21. The Bertz CT molecular complexity index is 602. The van der Waals surface area contributed by atoms with Gasteiger partial charge < -0.3 is 10.1 Å². The SMILES string of the molecule is COC1CCCCC1Nc1ccc(Cl)c2ncccc12. The normalized spacial score (nSPS) is 22.9. The summed E-state index contributed by atoms with van der Waals surface area (Å²) in [6.07, 6.45) is 6.82. The van der Waals surface area contributed by atoms with Crippen LogP contribution >= 0.6 is 11.6 Å². The van der Waals surface area contributed by atoms with Crippen LogP contribution in [0.2, 0.25) is 5.02 Å². The summed E-state index contributed by atoms with van der Waals surface area (Å²) in [6, 6.07) is 8.30. The molecule has 0 saturated heterocycles. The van der Waals surface area contributed by atoms with Gasteiger partial charge in [-0.2, -0.15) is 0 Å². The van der Waals surface area contributed by atoms with Crippen LogP contribution in [-0.2, 0) is 4.74 Å². The molecule has 1 aromatic heterocycles. The van der Waals surface area contributed by atoms with Gasteiger partial charge in [-0.05, 0) is 37.1 Å². The first-order valence-electron chi connectivity index (χ1n) is 7.12. The van der Waals surface area contributed by atoms with E-state index in [-0.39, 0.29) is 6.10 Å². The number of halogens is 1. The van der Waals surface area contributed by atoms with Crippen molar-refractivity contribution >= 4 is 28.2 Å². The third kappa shape index (κ3) is 2.60. The summed E-state index contributed by atoms with van der Waals surface area (Å²) < 4.78 is 5.61. The molecule has 2 unspecified atom stereocenters. The summed E-state index contributed by atoms with van der Waals surface area (Å²) in [4.78, 5) is 4.37. The van der Waals surface area contributed by atoms with E-state index in [1.807, 2.05) is 18.2 Å². The fraction of sp³-hybridized carbons (Fsp3) is 0.438. The molecule has 1 N–H and O–H groups in total. The lowest BCUT2D eigenvalue weighted by molar-refractivity contribution is 0.0606. The van der Waals surface area contributed by atoms with Crippen LogP contribution < -0.4 is 5.32 Å². The number of nitrogens with zero attached hydrogens (tertiary/aromatic N) is 1. The van der Waals surface area contributed by atoms with Crippen LogP contribution in [-0.4, -0.2) is 24.2 Å². The van der Waals surface area contributed by atoms with Gasteiger partial charge in [-0.25, -0.2) is 0 Å². The smallest absolute Gasteiger partial charge is 0.0908 e. The second-order valence-corrected chi connectivity index (χ2v) is 5.71. The van der Waals surface area contributed by atoms with Crippen molar-refractivity contribution < 1.29 is 4.74 Å². The molecule has 1 heterocycles. The number of hydrogen-bond donors (Lipinski definition) is 1. The molecule has 1 aliphatic rings. The third-order valence-electron chi connectivity index (χ3n) is 4.07. The molecule has 2 aromatic rings. The van der Waals surface area contributed by atoms with Gasteiger partial charge in [-0.15, -0.1) is 0 Å². The zero-order valence-corrected chi connectivity index (χ0v) is 12.4. The average Bonchev–Trinajstić information content (AvgIpc) is 2.51. The summed E-state index contributed by atoms with van der Waals surface area (Å²) in [5, 5.41) is 5.39. The van der Waals surface area contributed by atoms with E-state index in [9.17, 15) is 0 Å². The van der Waals surface area contributed by atoms with Crippen LogP contribution in [0.25, 0.3) is 10.9 Å². The lowest BCUT2D eigenvalue weighted by atomic mass is 9.92. The molecular weight excluding hydrogens is 272 g/mol. The Balaban J connectivity index is 1.92. The summed E-state index contributed by atoms with van der Waals surface area (Å²) in [7, 11) is 1.80. The minimum absolute atomic E-state index is 0.283. The summed E-state index contributed by atoms with van der Waals surface area (Å²) in [6.45, 7) is 0. The maximum Gasteiger partial charge on any atom is 0.0908 e. The summed E-state index contributed by atoms with van der Waals surface area (Å²) >= 11 is 6.21. The highest BCUT2D eigenvalue weighted by molar-refractivity contribution is 6.35. The lowest BCUT2D eigenvalue weighted by Gasteiger charge is -2.32. The van der Waals surface area contributed by atoms with E-state index in [4.69, 9.17) is 16.3 Å². The number of benzene rings is 1. The largest absolute Gasteiger partial charge is 0.379 e. The van der Waals surface area contributed by atoms with Gasteiger partial charge in [0.25, 0.3) is 0 Å². The molecule has 4 heteroatoms. The zero-order chi connectivity index (χ0) is 13.9. The highest BCUT2D eigenvalue weighted by Gasteiger charge is 2.25. The second kappa shape index (κ2) is 5.98. The number of pyridine rings is 1. The van der Waals surface area contributed by atoms with Crippen molar-refractivity contribution in [2.24, 2.45) is 0 Å². The molecule has 0 aliphatic heterocycles. The predicted octanol–water partition coefficient (Wildman–Crippen LogP) is 4.26. The highest BCUT2D eigenvalue weighted by atomic mass is 35.5. The molecule has 0 bridgehead atoms. The van der Waals surface area contributed by atoms with E-state index >= 15 is 0 Å². The monoisotopic (exact) mass is 290 g/mol.